The number of fused-ring (bicyclic) bond motifs is 2. The molecule has 1 unspecified atom stereocenters. The molecule has 1 aliphatic heterocycles. The first kappa shape index (κ1) is 30.1. The Kier molecular flexibility index (Phi) is 8.41. The van der Waals surface area contributed by atoms with Gasteiger partial charge in [0.15, 0.2) is 0 Å². The number of nitrogens with zero attached hydrogens (tertiary/aromatic N) is 4. The minimum Gasteiger partial charge on any atom is -0.360 e. The molecule has 0 spiro atoms. The van der Waals surface area contributed by atoms with Gasteiger partial charge in [0.1, 0.15) is 5.54 Å². The second-order valence-corrected chi connectivity index (χ2v) is 11.6. The van der Waals surface area contributed by atoms with E-state index in [4.69, 9.17) is 28.9 Å². The maximum Gasteiger partial charge on any atom is 0.251 e. The van der Waals surface area contributed by atoms with Crippen molar-refractivity contribution in [3.8, 4) is 11.1 Å². The van der Waals surface area contributed by atoms with Crippen LogP contribution in [0, 0.1) is 0 Å². The molecular formula is C36H30Cl2N6O. The summed E-state index contributed by atoms with van der Waals surface area (Å²) in [5.74, 6) is 0. The summed E-state index contributed by atoms with van der Waals surface area (Å²) in [6.45, 7) is 0. The normalized spacial score (nSPS) is 13.3. The molecule has 0 saturated carbocycles. The molecule has 0 bridgehead atoms. The monoisotopic (exact) mass is 632 g/mol. The van der Waals surface area contributed by atoms with Crippen LogP contribution in [0.4, 0.5) is 5.69 Å². The third-order valence-corrected chi connectivity index (χ3v) is 8.42. The van der Waals surface area contributed by atoms with E-state index in [-0.39, 0.29) is 5.56 Å². The van der Waals surface area contributed by atoms with E-state index < -0.39 is 5.54 Å². The van der Waals surface area contributed by atoms with Gasteiger partial charge in [-0.3, -0.25) is 9.79 Å². The molecule has 0 aliphatic carbocycles. The van der Waals surface area contributed by atoms with Gasteiger partial charge in [-0.25, -0.2) is 4.98 Å². The Morgan fingerprint density at radius 3 is 2.38 bits per heavy atom. The van der Waals surface area contributed by atoms with Crippen LogP contribution in [0.5, 0.6) is 0 Å². The van der Waals surface area contributed by atoms with Crippen molar-refractivity contribution in [1.29, 1.82) is 0 Å². The molecule has 0 fully saturated rings. The molecule has 3 heterocycles. The Balaban J connectivity index is 0.000000272. The van der Waals surface area contributed by atoms with Gasteiger partial charge < -0.3 is 20.2 Å². The molecule has 45 heavy (non-hydrogen) atoms. The van der Waals surface area contributed by atoms with Gasteiger partial charge in [-0.1, -0.05) is 71.7 Å². The third kappa shape index (κ3) is 5.93. The number of hydrogen-bond donors (Lipinski definition) is 2. The Labute approximate surface area is 270 Å². The largest absolute Gasteiger partial charge is 0.360 e. The lowest BCUT2D eigenvalue weighted by Gasteiger charge is -2.31. The topological polar surface area (TPSA) is 90.2 Å². The van der Waals surface area contributed by atoms with E-state index in [1.54, 1.807) is 36.4 Å². The quantitative estimate of drug-likeness (QED) is 0.211. The minimum absolute atomic E-state index is 0.0985. The number of halogens is 2. The number of anilines is 1. The number of nitrogens with two attached hydrogens (primary N) is 1. The predicted molar refractivity (Wildman–Crippen MR) is 185 cm³/mol. The molecule has 0 saturated heterocycles. The zero-order valence-electron chi connectivity index (χ0n) is 24.7. The lowest BCUT2D eigenvalue weighted by molar-refractivity contribution is 0.596. The highest BCUT2D eigenvalue weighted by Gasteiger charge is 2.35. The highest BCUT2D eigenvalue weighted by Crippen LogP contribution is 2.38. The fourth-order valence-electron chi connectivity index (χ4n) is 5.55. The summed E-state index contributed by atoms with van der Waals surface area (Å²) in [7, 11) is 3.68. The molecule has 0 amide bonds. The standard InChI is InChI=1S/C27H22Cl2N4O.C9H8N2/c1-32-16-31-15-25(32)27(30,18-6-9-20(28)10-7-18)19-8-11-24-23(13-19)22(14-26(34)33(24)2)17-4-3-5-21(29)12-17;1-2-4-9-8(3-1)7-10-5-6-11-9/h3-16H,30H2,1-2H3;1-7,11H. The summed E-state index contributed by atoms with van der Waals surface area (Å²) in [5, 5.41) is 5.25. The van der Waals surface area contributed by atoms with E-state index in [1.807, 2.05) is 115 Å². The van der Waals surface area contributed by atoms with Crippen molar-refractivity contribution in [2.75, 3.05) is 5.32 Å². The SMILES string of the molecule is C1=CNc2ccccc2C=N1.Cn1cncc1C(N)(c1ccc(Cl)cc1)c1ccc2c(c1)c(-c1cccc(Cl)c1)cc(=O)n2C. The number of imidazole rings is 1. The molecule has 1 atom stereocenters. The Morgan fingerprint density at radius 2 is 1.62 bits per heavy atom. The highest BCUT2D eigenvalue weighted by molar-refractivity contribution is 6.31. The zero-order valence-corrected chi connectivity index (χ0v) is 26.2. The van der Waals surface area contributed by atoms with Crippen molar-refractivity contribution >= 4 is 46.0 Å². The summed E-state index contributed by atoms with van der Waals surface area (Å²) in [4.78, 5) is 21.1. The Hall–Kier alpha value is -4.95. The molecule has 3 N–H and O–H groups in total. The smallest absolute Gasteiger partial charge is 0.251 e. The van der Waals surface area contributed by atoms with Crippen LogP contribution in [-0.4, -0.2) is 20.3 Å². The van der Waals surface area contributed by atoms with Crippen LogP contribution >= 0.6 is 23.2 Å². The van der Waals surface area contributed by atoms with Gasteiger partial charge >= 0.3 is 0 Å². The van der Waals surface area contributed by atoms with Crippen molar-refractivity contribution in [3.05, 3.63) is 165 Å². The maximum absolute atomic E-state index is 12.8. The molecule has 7 rings (SSSR count). The number of rotatable bonds is 4. The van der Waals surface area contributed by atoms with Gasteiger partial charge in [0, 0.05) is 65.5 Å². The van der Waals surface area contributed by atoms with Crippen molar-refractivity contribution in [2.45, 2.75) is 5.54 Å². The minimum atomic E-state index is -1.01. The van der Waals surface area contributed by atoms with Crippen molar-refractivity contribution in [3.63, 3.8) is 0 Å². The van der Waals surface area contributed by atoms with Crippen LogP contribution < -0.4 is 16.6 Å². The van der Waals surface area contributed by atoms with E-state index in [0.29, 0.717) is 10.0 Å². The van der Waals surface area contributed by atoms with Gasteiger partial charge in [-0.15, -0.1) is 0 Å². The Bertz CT molecular complexity index is 2130. The molecule has 9 heteroatoms. The number of hydrogen-bond acceptors (Lipinski definition) is 5. The van der Waals surface area contributed by atoms with Crippen LogP contribution in [0.25, 0.3) is 22.0 Å². The lowest BCUT2D eigenvalue weighted by atomic mass is 9.80. The van der Waals surface area contributed by atoms with Gasteiger partial charge in [-0.05, 0) is 64.7 Å². The van der Waals surface area contributed by atoms with E-state index >= 15 is 0 Å². The lowest BCUT2D eigenvalue weighted by Crippen LogP contribution is -2.41. The fraction of sp³-hybridized carbons (Fsp3) is 0.0833. The summed E-state index contributed by atoms with van der Waals surface area (Å²) in [5.41, 5.74) is 13.4. The summed E-state index contributed by atoms with van der Waals surface area (Å²) < 4.78 is 3.55. The summed E-state index contributed by atoms with van der Waals surface area (Å²) >= 11 is 12.4. The number of aryl methyl sites for hydroxylation is 2. The zero-order chi connectivity index (χ0) is 31.6. The number of aromatic nitrogens is 3. The van der Waals surface area contributed by atoms with Crippen molar-refractivity contribution < 1.29 is 0 Å². The van der Waals surface area contributed by atoms with E-state index in [1.165, 1.54) is 0 Å². The summed E-state index contributed by atoms with van der Waals surface area (Å²) in [6.07, 6.45) is 8.90. The van der Waals surface area contributed by atoms with Gasteiger partial charge in [0.05, 0.1) is 23.7 Å². The first-order valence-corrected chi connectivity index (χ1v) is 15.0. The van der Waals surface area contributed by atoms with Crippen LogP contribution in [0.2, 0.25) is 10.0 Å². The number of pyridine rings is 1. The number of aliphatic imine (C=N–C) groups is 1. The third-order valence-electron chi connectivity index (χ3n) is 7.93. The van der Waals surface area contributed by atoms with Gasteiger partial charge in [-0.2, -0.15) is 0 Å². The van der Waals surface area contributed by atoms with Crippen LogP contribution in [0.15, 0.2) is 132 Å². The second-order valence-electron chi connectivity index (χ2n) is 10.7. The first-order valence-electron chi connectivity index (χ1n) is 14.2. The number of para-hydroxylation sites is 1. The molecule has 6 aromatic rings. The number of nitrogens with one attached hydrogen (secondary N) is 1. The van der Waals surface area contributed by atoms with Gasteiger partial charge in [0.2, 0.25) is 0 Å². The Morgan fingerprint density at radius 1 is 0.844 bits per heavy atom. The molecule has 224 valence electrons. The van der Waals surface area contributed by atoms with E-state index in [9.17, 15) is 4.79 Å². The molecule has 0 radical (unpaired) electrons. The average Bonchev–Trinajstić information content (AvgIpc) is 3.34. The predicted octanol–water partition coefficient (Wildman–Crippen LogP) is 7.50. The molecule has 4 aromatic carbocycles. The molecular weight excluding hydrogens is 603 g/mol. The van der Waals surface area contributed by atoms with Crippen LogP contribution in [-0.2, 0) is 19.6 Å². The molecule has 2 aromatic heterocycles. The summed E-state index contributed by atoms with van der Waals surface area (Å²) in [6, 6.07) is 30.7. The van der Waals surface area contributed by atoms with Crippen molar-refractivity contribution in [1.82, 2.24) is 14.1 Å². The highest BCUT2D eigenvalue weighted by atomic mass is 35.5. The average molecular weight is 634 g/mol. The maximum atomic E-state index is 12.8. The second kappa shape index (κ2) is 12.6. The van der Waals surface area contributed by atoms with Crippen molar-refractivity contribution in [2.24, 2.45) is 24.8 Å². The van der Waals surface area contributed by atoms with Crippen LogP contribution in [0.3, 0.4) is 0 Å². The molecule has 7 nitrogen and oxygen atoms in total. The van der Waals surface area contributed by atoms with Crippen LogP contribution in [0.1, 0.15) is 22.4 Å². The van der Waals surface area contributed by atoms with Gasteiger partial charge in [0.25, 0.3) is 5.56 Å². The first-order chi connectivity index (χ1) is 21.8. The van der Waals surface area contributed by atoms with E-state index in [2.05, 4.69) is 15.3 Å². The van der Waals surface area contributed by atoms with E-state index in [0.717, 1.165) is 50.1 Å². The fourth-order valence-corrected chi connectivity index (χ4v) is 5.86. The number of benzene rings is 4. The molecule has 1 aliphatic rings.